The van der Waals surface area contributed by atoms with Gasteiger partial charge in [-0.1, -0.05) is 0 Å². The summed E-state index contributed by atoms with van der Waals surface area (Å²) in [6.07, 6.45) is -3.31. The highest BCUT2D eigenvalue weighted by atomic mass is 16.7. The van der Waals surface area contributed by atoms with Crippen molar-refractivity contribution in [2.75, 3.05) is 13.7 Å². The standard InChI is InChI=1S/C22H27NO10/c1-12(24)29-11-18-20(30-13(2)25)21(31-14(3)26)19(22(33-18)32-15(4)27)23-10-16-6-8-17(28-5)9-7-16/h6-10,18-22H,11H2,1-5H3/t18?,19?,20-,21+,22+/m0/s1. The number of methoxy groups -OCH3 is 1. The van der Waals surface area contributed by atoms with E-state index in [-0.39, 0.29) is 6.61 Å². The lowest BCUT2D eigenvalue weighted by molar-refractivity contribution is -0.266. The molecule has 1 aliphatic heterocycles. The largest absolute Gasteiger partial charge is 0.497 e. The molecule has 2 rings (SSSR count). The molecule has 1 aromatic carbocycles. The Bertz CT molecular complexity index is 882. The molecule has 0 bridgehead atoms. The quantitative estimate of drug-likeness (QED) is 0.313. The number of rotatable bonds is 8. The fourth-order valence-electron chi connectivity index (χ4n) is 3.17. The van der Waals surface area contributed by atoms with E-state index in [0.29, 0.717) is 11.3 Å². The van der Waals surface area contributed by atoms with Crippen molar-refractivity contribution >= 4 is 30.1 Å². The minimum absolute atomic E-state index is 0.336. The molecule has 1 saturated heterocycles. The zero-order valence-electron chi connectivity index (χ0n) is 19.0. The van der Waals surface area contributed by atoms with E-state index in [1.165, 1.54) is 41.0 Å². The lowest BCUT2D eigenvalue weighted by Crippen LogP contribution is -2.61. The molecular weight excluding hydrogens is 438 g/mol. The highest BCUT2D eigenvalue weighted by molar-refractivity contribution is 5.80. The number of nitrogens with zero attached hydrogens (tertiary/aromatic N) is 1. The molecule has 0 aliphatic carbocycles. The molecule has 11 nitrogen and oxygen atoms in total. The molecule has 1 fully saturated rings. The summed E-state index contributed by atoms with van der Waals surface area (Å²) in [4.78, 5) is 51.1. The Morgan fingerprint density at radius 1 is 0.879 bits per heavy atom. The zero-order valence-corrected chi connectivity index (χ0v) is 19.0. The average Bonchev–Trinajstić information content (AvgIpc) is 2.73. The molecule has 180 valence electrons. The number of carbonyl (C=O) groups excluding carboxylic acids is 4. The van der Waals surface area contributed by atoms with E-state index in [2.05, 4.69) is 4.99 Å². The second kappa shape index (κ2) is 12.0. The summed E-state index contributed by atoms with van der Waals surface area (Å²) < 4.78 is 32.0. The Morgan fingerprint density at radius 2 is 1.45 bits per heavy atom. The van der Waals surface area contributed by atoms with Crippen LogP contribution in [0.1, 0.15) is 33.3 Å². The van der Waals surface area contributed by atoms with Crippen LogP contribution in [0.3, 0.4) is 0 Å². The molecule has 0 radical (unpaired) electrons. The highest BCUT2D eigenvalue weighted by Gasteiger charge is 2.51. The number of aliphatic imine (C=N–C) groups is 1. The Hall–Kier alpha value is -3.47. The van der Waals surface area contributed by atoms with Crippen LogP contribution in [0.15, 0.2) is 29.3 Å². The number of hydrogen-bond donors (Lipinski definition) is 0. The lowest BCUT2D eigenvalue weighted by Gasteiger charge is -2.42. The minimum atomic E-state index is -1.31. The monoisotopic (exact) mass is 465 g/mol. The topological polar surface area (TPSA) is 136 Å². The van der Waals surface area contributed by atoms with Crippen LogP contribution in [0.2, 0.25) is 0 Å². The second-order valence-corrected chi connectivity index (χ2v) is 7.14. The van der Waals surface area contributed by atoms with E-state index in [9.17, 15) is 19.2 Å². The van der Waals surface area contributed by atoms with E-state index < -0.39 is 54.5 Å². The van der Waals surface area contributed by atoms with E-state index >= 15 is 0 Å². The summed E-state index contributed by atoms with van der Waals surface area (Å²) in [5.74, 6) is -2.00. The van der Waals surface area contributed by atoms with Gasteiger partial charge in [0.1, 0.15) is 18.5 Å². The van der Waals surface area contributed by atoms with Crippen LogP contribution in [0, 0.1) is 0 Å². The number of ether oxygens (including phenoxy) is 6. The van der Waals surface area contributed by atoms with Gasteiger partial charge in [-0.2, -0.15) is 0 Å². The Balaban J connectivity index is 2.45. The first-order valence-corrected chi connectivity index (χ1v) is 10.1. The molecule has 0 spiro atoms. The normalized spacial score (nSPS) is 24.6. The fraction of sp³-hybridized carbons (Fsp3) is 0.500. The molecule has 2 unspecified atom stereocenters. The van der Waals surface area contributed by atoms with E-state index in [1.54, 1.807) is 24.3 Å². The van der Waals surface area contributed by atoms with Crippen molar-refractivity contribution in [2.45, 2.75) is 58.3 Å². The van der Waals surface area contributed by atoms with Crippen molar-refractivity contribution in [2.24, 2.45) is 4.99 Å². The molecule has 1 aliphatic rings. The molecule has 0 amide bonds. The predicted molar refractivity (Wildman–Crippen MR) is 113 cm³/mol. The molecular formula is C22H27NO10. The molecule has 0 aromatic heterocycles. The molecule has 5 atom stereocenters. The SMILES string of the molecule is COc1ccc(C=NC2[C@H](OC(C)=O)OC(COC(C)=O)[C@H](OC(C)=O)[C@@H]2OC(C)=O)cc1. The van der Waals surface area contributed by atoms with Gasteiger partial charge in [-0.05, 0) is 29.8 Å². The van der Waals surface area contributed by atoms with Gasteiger partial charge < -0.3 is 28.4 Å². The van der Waals surface area contributed by atoms with Crippen LogP contribution in [-0.4, -0.2) is 74.5 Å². The lowest BCUT2D eigenvalue weighted by atomic mass is 9.96. The van der Waals surface area contributed by atoms with E-state index in [4.69, 9.17) is 28.4 Å². The summed E-state index contributed by atoms with van der Waals surface area (Å²) in [7, 11) is 1.54. The summed E-state index contributed by atoms with van der Waals surface area (Å²) in [6.45, 7) is 4.37. The van der Waals surface area contributed by atoms with Gasteiger partial charge in [0.15, 0.2) is 18.2 Å². The van der Waals surface area contributed by atoms with Gasteiger partial charge in [0.05, 0.1) is 7.11 Å². The van der Waals surface area contributed by atoms with Gasteiger partial charge in [-0.15, -0.1) is 0 Å². The van der Waals surface area contributed by atoms with Crippen LogP contribution in [0.5, 0.6) is 5.75 Å². The van der Waals surface area contributed by atoms with Gasteiger partial charge in [-0.3, -0.25) is 24.2 Å². The summed E-state index contributed by atoms with van der Waals surface area (Å²) >= 11 is 0. The first-order valence-electron chi connectivity index (χ1n) is 10.1. The first-order chi connectivity index (χ1) is 15.6. The molecule has 0 N–H and O–H groups in total. The van der Waals surface area contributed by atoms with Gasteiger partial charge in [0.25, 0.3) is 0 Å². The first kappa shape index (κ1) is 25.8. The van der Waals surface area contributed by atoms with Crippen LogP contribution in [-0.2, 0) is 42.9 Å². The van der Waals surface area contributed by atoms with E-state index in [1.807, 2.05) is 0 Å². The minimum Gasteiger partial charge on any atom is -0.497 e. The molecule has 1 aromatic rings. The predicted octanol–water partition coefficient (Wildman–Crippen LogP) is 1.20. The number of hydrogen-bond acceptors (Lipinski definition) is 11. The average molecular weight is 465 g/mol. The number of esters is 4. The van der Waals surface area contributed by atoms with Crippen LogP contribution in [0.25, 0.3) is 0 Å². The third-order valence-corrected chi connectivity index (χ3v) is 4.46. The van der Waals surface area contributed by atoms with Crippen molar-refractivity contribution in [3.05, 3.63) is 29.8 Å². The molecule has 0 saturated carbocycles. The molecule has 33 heavy (non-hydrogen) atoms. The van der Waals surface area contributed by atoms with Gasteiger partial charge in [-0.25, -0.2) is 0 Å². The van der Waals surface area contributed by atoms with Crippen molar-refractivity contribution in [3.8, 4) is 5.75 Å². The third-order valence-electron chi connectivity index (χ3n) is 4.46. The fourth-order valence-corrected chi connectivity index (χ4v) is 3.17. The molecule has 11 heteroatoms. The Labute approximate surface area is 190 Å². The smallest absolute Gasteiger partial charge is 0.305 e. The van der Waals surface area contributed by atoms with Crippen LogP contribution >= 0.6 is 0 Å². The Morgan fingerprint density at radius 3 is 1.97 bits per heavy atom. The van der Waals surface area contributed by atoms with Crippen molar-refractivity contribution in [3.63, 3.8) is 0 Å². The summed E-state index contributed by atoms with van der Waals surface area (Å²) in [5.41, 5.74) is 0.671. The maximum absolute atomic E-state index is 11.9. The Kier molecular flexibility index (Phi) is 9.34. The van der Waals surface area contributed by atoms with Crippen molar-refractivity contribution < 1.29 is 47.6 Å². The second-order valence-electron chi connectivity index (χ2n) is 7.14. The molecule has 1 heterocycles. The van der Waals surface area contributed by atoms with Gasteiger partial charge in [0.2, 0.25) is 6.29 Å². The van der Waals surface area contributed by atoms with Crippen molar-refractivity contribution in [1.82, 2.24) is 0 Å². The number of benzene rings is 1. The zero-order chi connectivity index (χ0) is 24.5. The van der Waals surface area contributed by atoms with Gasteiger partial charge in [0, 0.05) is 33.9 Å². The maximum Gasteiger partial charge on any atom is 0.305 e. The van der Waals surface area contributed by atoms with Crippen LogP contribution in [0.4, 0.5) is 0 Å². The summed E-state index contributed by atoms with van der Waals surface area (Å²) in [5, 5.41) is 0. The number of carbonyl (C=O) groups is 4. The highest BCUT2D eigenvalue weighted by Crippen LogP contribution is 2.30. The maximum atomic E-state index is 11.9. The third kappa shape index (κ3) is 7.86. The van der Waals surface area contributed by atoms with Crippen molar-refractivity contribution in [1.29, 1.82) is 0 Å². The van der Waals surface area contributed by atoms with E-state index in [0.717, 1.165) is 0 Å². The summed E-state index contributed by atoms with van der Waals surface area (Å²) in [6, 6.07) is 5.84. The van der Waals surface area contributed by atoms with Crippen LogP contribution < -0.4 is 4.74 Å². The van der Waals surface area contributed by atoms with Gasteiger partial charge >= 0.3 is 23.9 Å².